The highest BCUT2D eigenvalue weighted by Crippen LogP contribution is 2.40. The molecule has 5 heteroatoms. The van der Waals surface area contributed by atoms with Gasteiger partial charge < -0.3 is 0 Å². The van der Waals surface area contributed by atoms with E-state index in [9.17, 15) is 22.0 Å². The molecular formula is C20H14F5. The molecule has 3 rings (SSSR count). The summed E-state index contributed by atoms with van der Waals surface area (Å²) in [7, 11) is 0. The van der Waals surface area contributed by atoms with E-state index in [2.05, 4.69) is 6.92 Å². The summed E-state index contributed by atoms with van der Waals surface area (Å²) in [5.41, 5.74) is -2.16. The van der Waals surface area contributed by atoms with Crippen LogP contribution in [0.3, 0.4) is 0 Å². The van der Waals surface area contributed by atoms with Gasteiger partial charge in [-0.2, -0.15) is 0 Å². The predicted octanol–water partition coefficient (Wildman–Crippen LogP) is 6.07. The first kappa shape index (κ1) is 17.4. The van der Waals surface area contributed by atoms with Crippen LogP contribution in [-0.4, -0.2) is 0 Å². The summed E-state index contributed by atoms with van der Waals surface area (Å²) in [5, 5.41) is 1.67. The Balaban J connectivity index is 2.31. The summed E-state index contributed by atoms with van der Waals surface area (Å²) >= 11 is 0. The van der Waals surface area contributed by atoms with E-state index in [1.54, 1.807) is 37.3 Å². The van der Waals surface area contributed by atoms with Gasteiger partial charge in [-0.25, -0.2) is 22.0 Å². The molecule has 0 aliphatic rings. The van der Waals surface area contributed by atoms with Gasteiger partial charge in [0.25, 0.3) is 0 Å². The molecule has 0 aromatic heterocycles. The van der Waals surface area contributed by atoms with Crippen LogP contribution in [0.2, 0.25) is 0 Å². The van der Waals surface area contributed by atoms with Gasteiger partial charge in [0.2, 0.25) is 5.82 Å². The molecule has 1 radical (unpaired) electrons. The van der Waals surface area contributed by atoms with Crippen molar-refractivity contribution in [3.05, 3.63) is 89.6 Å². The zero-order valence-corrected chi connectivity index (χ0v) is 13.3. The molecule has 0 bridgehead atoms. The van der Waals surface area contributed by atoms with Crippen molar-refractivity contribution in [2.45, 2.75) is 18.8 Å². The van der Waals surface area contributed by atoms with E-state index in [0.29, 0.717) is 5.56 Å². The Labute approximate surface area is 141 Å². The van der Waals surface area contributed by atoms with Crippen LogP contribution in [0.1, 0.15) is 24.5 Å². The molecular weight excluding hydrogens is 335 g/mol. The highest BCUT2D eigenvalue weighted by Gasteiger charge is 2.38. The molecule has 3 aromatic rings. The lowest BCUT2D eigenvalue weighted by Crippen LogP contribution is -2.28. The Kier molecular flexibility index (Phi) is 4.27. The number of benzene rings is 3. The third-order valence-electron chi connectivity index (χ3n) is 4.59. The molecule has 0 aliphatic carbocycles. The van der Waals surface area contributed by atoms with Crippen molar-refractivity contribution in [2.24, 2.45) is 0 Å². The lowest BCUT2D eigenvalue weighted by molar-refractivity contribution is 0.357. The molecule has 25 heavy (non-hydrogen) atoms. The van der Waals surface area contributed by atoms with Crippen LogP contribution in [-0.2, 0) is 5.41 Å². The van der Waals surface area contributed by atoms with Crippen LogP contribution >= 0.6 is 0 Å². The topological polar surface area (TPSA) is 0 Å². The van der Waals surface area contributed by atoms with Crippen molar-refractivity contribution < 1.29 is 22.0 Å². The van der Waals surface area contributed by atoms with Crippen LogP contribution in [0.5, 0.6) is 0 Å². The van der Waals surface area contributed by atoms with Crippen molar-refractivity contribution in [2.75, 3.05) is 0 Å². The van der Waals surface area contributed by atoms with Gasteiger partial charge in [-0.3, -0.25) is 0 Å². The lowest BCUT2D eigenvalue weighted by atomic mass is 9.73. The summed E-state index contributed by atoms with van der Waals surface area (Å²) in [6, 6.07) is 12.3. The largest absolute Gasteiger partial charge is 0.203 e. The van der Waals surface area contributed by atoms with Crippen LogP contribution in [0.4, 0.5) is 22.0 Å². The van der Waals surface area contributed by atoms with E-state index in [4.69, 9.17) is 0 Å². The maximum Gasteiger partial charge on any atom is 0.200 e. The van der Waals surface area contributed by atoms with Gasteiger partial charge in [0.05, 0.1) is 0 Å². The molecule has 0 amide bonds. The minimum absolute atomic E-state index is 0.0453. The Morgan fingerprint density at radius 1 is 0.760 bits per heavy atom. The van der Waals surface area contributed by atoms with Crippen LogP contribution in [0.15, 0.2) is 42.5 Å². The fourth-order valence-corrected chi connectivity index (χ4v) is 3.04. The number of rotatable bonds is 3. The molecule has 1 unspecified atom stereocenters. The van der Waals surface area contributed by atoms with Gasteiger partial charge in [-0.05, 0) is 29.7 Å². The standard InChI is InChI=1S/C20H14F5/c1-3-20(2,13-9-8-11-6-4-5-7-12(11)10-13)14-15(21)17(23)19(25)18(24)16(14)22/h4-10H,2-3H2,1H3. The molecule has 0 nitrogen and oxygen atoms in total. The Morgan fingerprint density at radius 3 is 1.84 bits per heavy atom. The summed E-state index contributed by atoms with van der Waals surface area (Å²) < 4.78 is 69.3. The number of hydrogen-bond acceptors (Lipinski definition) is 0. The quantitative estimate of drug-likeness (QED) is 0.306. The monoisotopic (exact) mass is 349 g/mol. The first-order valence-corrected chi connectivity index (χ1v) is 7.67. The molecule has 3 aromatic carbocycles. The van der Waals surface area contributed by atoms with Crippen LogP contribution in [0.25, 0.3) is 10.8 Å². The third-order valence-corrected chi connectivity index (χ3v) is 4.59. The normalized spacial score (nSPS) is 13.9. The van der Waals surface area contributed by atoms with Gasteiger partial charge in [0, 0.05) is 11.0 Å². The maximum atomic E-state index is 14.3. The maximum absolute atomic E-state index is 14.3. The average Bonchev–Trinajstić information content (AvgIpc) is 2.64. The number of halogens is 5. The minimum atomic E-state index is -2.17. The molecule has 0 fully saturated rings. The molecule has 0 heterocycles. The van der Waals surface area contributed by atoms with Gasteiger partial charge in [-0.1, -0.05) is 49.4 Å². The fraction of sp³-hybridized carbons (Fsp3) is 0.150. The zero-order valence-electron chi connectivity index (χ0n) is 13.3. The van der Waals surface area contributed by atoms with Gasteiger partial charge in [0.1, 0.15) is 0 Å². The molecule has 129 valence electrons. The van der Waals surface area contributed by atoms with E-state index in [1.165, 1.54) is 0 Å². The fourth-order valence-electron chi connectivity index (χ4n) is 3.04. The molecule has 0 saturated heterocycles. The average molecular weight is 349 g/mol. The number of hydrogen-bond donors (Lipinski definition) is 0. The van der Waals surface area contributed by atoms with Gasteiger partial charge in [0.15, 0.2) is 23.3 Å². The highest BCUT2D eigenvalue weighted by molar-refractivity contribution is 5.83. The third kappa shape index (κ3) is 2.58. The van der Waals surface area contributed by atoms with Gasteiger partial charge >= 0.3 is 0 Å². The second-order valence-electron chi connectivity index (χ2n) is 5.94. The van der Waals surface area contributed by atoms with E-state index < -0.39 is 40.1 Å². The van der Waals surface area contributed by atoms with Crippen molar-refractivity contribution in [3.63, 3.8) is 0 Å². The van der Waals surface area contributed by atoms with Gasteiger partial charge in [-0.15, -0.1) is 0 Å². The lowest BCUT2D eigenvalue weighted by Gasteiger charge is -2.30. The van der Waals surface area contributed by atoms with E-state index in [0.717, 1.165) is 10.8 Å². The predicted molar refractivity (Wildman–Crippen MR) is 86.6 cm³/mol. The number of fused-ring (bicyclic) bond motifs is 1. The van der Waals surface area contributed by atoms with E-state index >= 15 is 0 Å². The molecule has 0 N–H and O–H groups in total. The smallest absolute Gasteiger partial charge is 0.200 e. The Morgan fingerprint density at radius 2 is 1.28 bits per heavy atom. The van der Waals surface area contributed by atoms with Crippen molar-refractivity contribution in [1.29, 1.82) is 0 Å². The second kappa shape index (κ2) is 6.14. The molecule has 1 atom stereocenters. The Hall–Kier alpha value is -2.43. The van der Waals surface area contributed by atoms with E-state index in [-0.39, 0.29) is 6.42 Å². The minimum Gasteiger partial charge on any atom is -0.203 e. The van der Waals surface area contributed by atoms with E-state index in [1.807, 2.05) is 12.1 Å². The zero-order chi connectivity index (χ0) is 18.4. The van der Waals surface area contributed by atoms with Crippen molar-refractivity contribution >= 4 is 10.8 Å². The first-order chi connectivity index (χ1) is 11.8. The molecule has 0 aliphatic heterocycles. The molecule has 0 spiro atoms. The van der Waals surface area contributed by atoms with Crippen LogP contribution in [0, 0.1) is 36.0 Å². The summed E-state index contributed by atoms with van der Waals surface area (Å²) in [6.45, 7) is 5.42. The van der Waals surface area contributed by atoms with Crippen molar-refractivity contribution in [1.82, 2.24) is 0 Å². The first-order valence-electron chi connectivity index (χ1n) is 7.67. The Bertz CT molecular complexity index is 935. The second-order valence-corrected chi connectivity index (χ2v) is 5.94. The van der Waals surface area contributed by atoms with Crippen LogP contribution < -0.4 is 0 Å². The summed E-state index contributed by atoms with van der Waals surface area (Å²) in [4.78, 5) is 0. The SMILES string of the molecule is [CH2]C(CC)(c1ccc2ccccc2c1)c1c(F)c(F)c(F)c(F)c1F. The summed E-state index contributed by atoms with van der Waals surface area (Å²) in [6.07, 6.45) is 0.0453. The van der Waals surface area contributed by atoms with Crippen molar-refractivity contribution in [3.8, 4) is 0 Å². The highest BCUT2D eigenvalue weighted by atomic mass is 19.2. The summed E-state index contributed by atoms with van der Waals surface area (Å²) in [5.74, 6) is -9.79. The molecule has 0 saturated carbocycles.